The fraction of sp³-hybridized carbons (Fsp3) is 0.429. The summed E-state index contributed by atoms with van der Waals surface area (Å²) >= 11 is 3.64. The highest BCUT2D eigenvalue weighted by Crippen LogP contribution is 2.40. The van der Waals surface area contributed by atoms with Gasteiger partial charge in [-0.3, -0.25) is 19.3 Å². The van der Waals surface area contributed by atoms with E-state index in [0.29, 0.717) is 20.8 Å². The number of aromatic nitrogens is 2. The number of hydrogen-bond donors (Lipinski definition) is 4. The number of carbonyl (C=O) groups is 4. The zero-order chi connectivity index (χ0) is 20.4. The summed E-state index contributed by atoms with van der Waals surface area (Å²) in [5.74, 6) is -2.03. The Morgan fingerprint density at radius 3 is 2.75 bits per heavy atom. The van der Waals surface area contributed by atoms with Crippen molar-refractivity contribution in [3.05, 3.63) is 11.3 Å². The molecule has 1 saturated heterocycles. The molecule has 1 fully saturated rings. The third-order valence-electron chi connectivity index (χ3n) is 3.87. The number of nitrogens with two attached hydrogens (primary N) is 1. The minimum Gasteiger partial charge on any atom is -0.477 e. The fourth-order valence-electron chi connectivity index (χ4n) is 2.67. The molecule has 1 aromatic heterocycles. The second-order valence-corrected chi connectivity index (χ2v) is 9.15. The van der Waals surface area contributed by atoms with E-state index in [1.165, 1.54) is 18.7 Å². The van der Waals surface area contributed by atoms with Gasteiger partial charge in [0.25, 0.3) is 5.91 Å². The molecule has 3 amide bonds. The molecule has 3 heterocycles. The molecule has 0 aromatic carbocycles. The molecule has 1 unspecified atom stereocenters. The van der Waals surface area contributed by atoms with E-state index >= 15 is 0 Å². The van der Waals surface area contributed by atoms with Gasteiger partial charge in [-0.1, -0.05) is 23.1 Å². The van der Waals surface area contributed by atoms with Crippen molar-refractivity contribution in [1.82, 2.24) is 25.7 Å². The van der Waals surface area contributed by atoms with Gasteiger partial charge in [-0.25, -0.2) is 4.79 Å². The largest absolute Gasteiger partial charge is 0.477 e. The molecular weight excluding hydrogens is 428 g/mol. The monoisotopic (exact) mass is 444 g/mol. The number of fused-ring (bicyclic) bond motifs is 1. The predicted octanol–water partition coefficient (Wildman–Crippen LogP) is -0.913. The molecule has 0 radical (unpaired) electrons. The quantitative estimate of drug-likeness (QED) is 0.305. The van der Waals surface area contributed by atoms with Gasteiger partial charge >= 0.3 is 5.97 Å². The van der Waals surface area contributed by atoms with Crippen LogP contribution in [-0.4, -0.2) is 73.4 Å². The van der Waals surface area contributed by atoms with Crippen molar-refractivity contribution in [3.63, 3.8) is 0 Å². The van der Waals surface area contributed by atoms with E-state index in [0.717, 1.165) is 28.0 Å². The highest BCUT2D eigenvalue weighted by atomic mass is 32.2. The van der Waals surface area contributed by atoms with E-state index in [9.17, 15) is 24.3 Å². The van der Waals surface area contributed by atoms with Crippen LogP contribution in [0.3, 0.4) is 0 Å². The normalized spacial score (nSPS) is 21.0. The number of thioether (sulfide) groups is 2. The Balaban J connectivity index is 1.62. The van der Waals surface area contributed by atoms with Crippen LogP contribution >= 0.6 is 34.9 Å². The van der Waals surface area contributed by atoms with Crippen LogP contribution in [0.25, 0.3) is 0 Å². The number of β-lactam (4-membered cyclic amide) rings is 1. The van der Waals surface area contributed by atoms with Gasteiger partial charge in [0, 0.05) is 19.2 Å². The van der Waals surface area contributed by atoms with Crippen molar-refractivity contribution in [2.75, 3.05) is 23.8 Å². The molecule has 0 aliphatic carbocycles. The first-order valence-corrected chi connectivity index (χ1v) is 10.8. The number of rotatable bonds is 7. The third kappa shape index (κ3) is 4.23. The maximum Gasteiger partial charge on any atom is 0.352 e. The van der Waals surface area contributed by atoms with Crippen molar-refractivity contribution < 1.29 is 24.3 Å². The lowest BCUT2D eigenvalue weighted by Gasteiger charge is -2.49. The molecule has 2 aliphatic heterocycles. The van der Waals surface area contributed by atoms with Gasteiger partial charge in [0.1, 0.15) is 17.1 Å². The smallest absolute Gasteiger partial charge is 0.352 e. The van der Waals surface area contributed by atoms with Gasteiger partial charge in [-0.05, 0) is 5.57 Å². The van der Waals surface area contributed by atoms with Gasteiger partial charge < -0.3 is 21.5 Å². The van der Waals surface area contributed by atoms with Gasteiger partial charge in [0.05, 0.1) is 5.75 Å². The Bertz CT molecular complexity index is 871. The fourth-order valence-corrected chi connectivity index (χ4v) is 5.46. The number of carbonyl (C=O) groups excluding carboxylic acids is 3. The first-order valence-electron chi connectivity index (χ1n) is 7.93. The summed E-state index contributed by atoms with van der Waals surface area (Å²) in [4.78, 5) is 48.5. The number of nitrogen functional groups attached to an aromatic ring is 1. The van der Waals surface area contributed by atoms with Gasteiger partial charge in [-0.2, -0.15) is 0 Å². The minimum absolute atomic E-state index is 0.0329. The van der Waals surface area contributed by atoms with Gasteiger partial charge in [0.2, 0.25) is 16.9 Å². The summed E-state index contributed by atoms with van der Waals surface area (Å²) in [6.07, 6.45) is 0. The molecule has 2 aliphatic rings. The summed E-state index contributed by atoms with van der Waals surface area (Å²) in [5, 5.41) is 21.9. The molecule has 1 aromatic rings. The van der Waals surface area contributed by atoms with Crippen molar-refractivity contribution in [2.24, 2.45) is 0 Å². The summed E-state index contributed by atoms with van der Waals surface area (Å²) < 4.78 is 0.542. The van der Waals surface area contributed by atoms with Crippen LogP contribution < -0.4 is 16.4 Å². The number of aliphatic carboxylic acids is 1. The zero-order valence-corrected chi connectivity index (χ0v) is 16.9. The molecule has 0 bridgehead atoms. The summed E-state index contributed by atoms with van der Waals surface area (Å²) in [5.41, 5.74) is 5.79. The molecular formula is C14H16N6O5S3. The third-order valence-corrected chi connectivity index (χ3v) is 7.09. The molecule has 11 nitrogen and oxygen atoms in total. The van der Waals surface area contributed by atoms with Gasteiger partial charge in [0.15, 0.2) is 4.34 Å². The number of hydrogen-bond acceptors (Lipinski definition) is 10. The van der Waals surface area contributed by atoms with Crippen molar-refractivity contribution in [1.29, 1.82) is 0 Å². The Kier molecular flexibility index (Phi) is 6.10. The lowest BCUT2D eigenvalue weighted by atomic mass is 10.0. The highest BCUT2D eigenvalue weighted by Gasteiger charge is 2.54. The maximum atomic E-state index is 12.5. The van der Waals surface area contributed by atoms with Crippen molar-refractivity contribution in [3.8, 4) is 0 Å². The van der Waals surface area contributed by atoms with Crippen LogP contribution in [0.2, 0.25) is 0 Å². The number of nitrogens with one attached hydrogen (secondary N) is 2. The van der Waals surface area contributed by atoms with E-state index in [2.05, 4.69) is 20.8 Å². The topological polar surface area (TPSA) is 168 Å². The van der Waals surface area contributed by atoms with E-state index in [1.54, 1.807) is 0 Å². The van der Waals surface area contributed by atoms with Gasteiger partial charge in [-0.15, -0.1) is 22.0 Å². The molecule has 0 spiro atoms. The first kappa shape index (κ1) is 20.4. The summed E-state index contributed by atoms with van der Waals surface area (Å²) in [6.45, 7) is 1.38. The predicted molar refractivity (Wildman–Crippen MR) is 103 cm³/mol. The van der Waals surface area contributed by atoms with Crippen molar-refractivity contribution >= 4 is 63.7 Å². The van der Waals surface area contributed by atoms with E-state index in [-0.39, 0.29) is 29.8 Å². The SMILES string of the molecule is CC(=O)NCC1=C(C(=O)O)N2C(=O)C(NC(=O)CSc3nnc(N)s3)[C@H]2SC1. The highest BCUT2D eigenvalue weighted by molar-refractivity contribution is 8.01. The van der Waals surface area contributed by atoms with E-state index in [1.807, 2.05) is 0 Å². The Hall–Kier alpha value is -2.32. The lowest BCUT2D eigenvalue weighted by molar-refractivity contribution is -0.150. The van der Waals surface area contributed by atoms with E-state index in [4.69, 9.17) is 5.73 Å². The van der Waals surface area contributed by atoms with Crippen LogP contribution in [0.5, 0.6) is 0 Å². The number of anilines is 1. The number of carboxylic acid groups (broad SMARTS) is 1. The molecule has 0 saturated carbocycles. The molecule has 5 N–H and O–H groups in total. The molecule has 150 valence electrons. The molecule has 2 atom stereocenters. The Labute approximate surface area is 171 Å². The summed E-state index contributed by atoms with van der Waals surface area (Å²) in [7, 11) is 0. The average molecular weight is 445 g/mol. The second kappa shape index (κ2) is 8.36. The first-order chi connectivity index (χ1) is 13.3. The van der Waals surface area contributed by atoms with Crippen LogP contribution in [0, 0.1) is 0 Å². The second-order valence-electron chi connectivity index (χ2n) is 5.82. The standard InChI is InChI=1S/C14H16N6O5S3/c1-5(21)16-2-6-3-26-11-8(10(23)20(11)9(6)12(24)25)17-7(22)4-27-14-19-18-13(15)28-14/h8,11H,2-4H2,1H3,(H2,15,18)(H,16,21)(H,17,22)(H,24,25)/t8?,11-/m1/s1. The lowest BCUT2D eigenvalue weighted by Crippen LogP contribution is -2.70. The summed E-state index contributed by atoms with van der Waals surface area (Å²) in [6, 6.07) is -0.797. The Morgan fingerprint density at radius 1 is 1.39 bits per heavy atom. The van der Waals surface area contributed by atoms with Crippen LogP contribution in [0.15, 0.2) is 15.6 Å². The minimum atomic E-state index is -1.24. The average Bonchev–Trinajstić information content (AvgIpc) is 3.06. The molecule has 3 rings (SSSR count). The van der Waals surface area contributed by atoms with Crippen molar-refractivity contribution in [2.45, 2.75) is 22.7 Å². The van der Waals surface area contributed by atoms with Crippen LogP contribution in [0.4, 0.5) is 5.13 Å². The Morgan fingerprint density at radius 2 is 2.14 bits per heavy atom. The zero-order valence-electron chi connectivity index (χ0n) is 14.5. The number of amides is 3. The van der Waals surface area contributed by atoms with E-state index < -0.39 is 23.3 Å². The maximum absolute atomic E-state index is 12.5. The number of nitrogens with zero attached hydrogens (tertiary/aromatic N) is 3. The molecule has 28 heavy (non-hydrogen) atoms. The molecule has 14 heteroatoms. The van der Waals surface area contributed by atoms with Crippen LogP contribution in [0.1, 0.15) is 6.92 Å². The number of carboxylic acids is 1. The van der Waals surface area contributed by atoms with Crippen LogP contribution in [-0.2, 0) is 19.2 Å².